The maximum absolute atomic E-state index is 11.4. The molecule has 4 heteroatoms. The molecule has 3 nitrogen and oxygen atoms in total. The minimum absolute atomic E-state index is 0.0499. The van der Waals surface area contributed by atoms with E-state index >= 15 is 0 Å². The van der Waals surface area contributed by atoms with Crippen LogP contribution in [0.15, 0.2) is 22.9 Å². The molecule has 0 aromatic carbocycles. The predicted molar refractivity (Wildman–Crippen MR) is 57.1 cm³/mol. The number of nitrogens with zero attached hydrogens (tertiary/aromatic N) is 1. The van der Waals surface area contributed by atoms with Crippen LogP contribution in [0.4, 0.5) is 0 Å². The van der Waals surface area contributed by atoms with Gasteiger partial charge in [-0.15, -0.1) is 0 Å². The maximum Gasteiger partial charge on any atom is 0.339 e. The van der Waals surface area contributed by atoms with Gasteiger partial charge in [0.15, 0.2) is 0 Å². The Morgan fingerprint density at radius 2 is 2.36 bits per heavy atom. The molecule has 0 spiro atoms. The fourth-order valence-corrected chi connectivity index (χ4v) is 1.07. The van der Waals surface area contributed by atoms with Gasteiger partial charge < -0.3 is 4.74 Å². The van der Waals surface area contributed by atoms with Crippen LogP contribution in [-0.2, 0) is 4.74 Å². The third-order valence-corrected chi connectivity index (χ3v) is 2.32. The lowest BCUT2D eigenvalue weighted by Crippen LogP contribution is -2.14. The number of pyridine rings is 1. The van der Waals surface area contributed by atoms with E-state index in [1.54, 1.807) is 12.1 Å². The van der Waals surface area contributed by atoms with Crippen LogP contribution < -0.4 is 0 Å². The Labute approximate surface area is 91.6 Å². The van der Waals surface area contributed by atoms with Crippen LogP contribution in [0.5, 0.6) is 0 Å². The summed E-state index contributed by atoms with van der Waals surface area (Å²) in [6.07, 6.45) is 2.26. The Morgan fingerprint density at radius 1 is 1.64 bits per heavy atom. The number of hydrogen-bond acceptors (Lipinski definition) is 3. The summed E-state index contributed by atoms with van der Waals surface area (Å²) < 4.78 is 5.84. The maximum atomic E-state index is 11.4. The second-order valence-corrected chi connectivity index (χ2v) is 3.81. The third-order valence-electron chi connectivity index (χ3n) is 1.85. The van der Waals surface area contributed by atoms with Gasteiger partial charge in [-0.2, -0.15) is 0 Å². The Hall–Kier alpha value is -0.900. The summed E-state index contributed by atoms with van der Waals surface area (Å²) in [5.41, 5.74) is 0.480. The highest BCUT2D eigenvalue weighted by atomic mass is 79.9. The van der Waals surface area contributed by atoms with Crippen LogP contribution >= 0.6 is 15.9 Å². The normalized spacial score (nSPS) is 12.2. The average molecular weight is 258 g/mol. The number of esters is 1. The summed E-state index contributed by atoms with van der Waals surface area (Å²) in [6.45, 7) is 3.84. The van der Waals surface area contributed by atoms with E-state index in [0.29, 0.717) is 10.2 Å². The van der Waals surface area contributed by atoms with E-state index in [1.165, 1.54) is 6.20 Å². The lowest BCUT2D eigenvalue weighted by atomic mass is 10.3. The molecule has 1 aromatic rings. The Kier molecular flexibility index (Phi) is 4.07. The van der Waals surface area contributed by atoms with Crippen LogP contribution in [0.25, 0.3) is 0 Å². The second-order valence-electron chi connectivity index (χ2n) is 2.99. The number of aromatic nitrogens is 1. The number of ether oxygens (including phenoxy) is 1. The summed E-state index contributed by atoms with van der Waals surface area (Å²) in [5.74, 6) is -0.320. The number of halogens is 1. The molecule has 1 heterocycles. The smallest absolute Gasteiger partial charge is 0.339 e. The zero-order valence-corrected chi connectivity index (χ0v) is 9.74. The summed E-state index contributed by atoms with van der Waals surface area (Å²) in [6, 6.07) is 3.40. The monoisotopic (exact) mass is 257 g/mol. The van der Waals surface area contributed by atoms with Crippen molar-refractivity contribution in [2.75, 3.05) is 0 Å². The molecule has 1 aromatic heterocycles. The molecule has 0 aliphatic heterocycles. The van der Waals surface area contributed by atoms with E-state index < -0.39 is 0 Å². The standard InChI is InChI=1S/C10H12BrNO2/c1-3-7(2)14-10(13)8-4-5-9(11)12-6-8/h4-7H,3H2,1-2H3. The van der Waals surface area contributed by atoms with E-state index in [4.69, 9.17) is 4.74 Å². The van der Waals surface area contributed by atoms with Gasteiger partial charge in [0.25, 0.3) is 0 Å². The molecule has 0 fully saturated rings. The highest BCUT2D eigenvalue weighted by molar-refractivity contribution is 9.10. The predicted octanol–water partition coefficient (Wildman–Crippen LogP) is 2.80. The fraction of sp³-hybridized carbons (Fsp3) is 0.400. The largest absolute Gasteiger partial charge is 0.459 e. The molecule has 0 aliphatic carbocycles. The minimum atomic E-state index is -0.320. The van der Waals surface area contributed by atoms with Crippen molar-refractivity contribution < 1.29 is 9.53 Å². The summed E-state index contributed by atoms with van der Waals surface area (Å²) in [4.78, 5) is 15.4. The van der Waals surface area contributed by atoms with E-state index in [2.05, 4.69) is 20.9 Å². The molecule has 1 unspecified atom stereocenters. The first-order valence-electron chi connectivity index (χ1n) is 4.46. The fourth-order valence-electron chi connectivity index (χ4n) is 0.831. The van der Waals surface area contributed by atoms with Gasteiger partial charge in [-0.05, 0) is 41.4 Å². The first-order valence-corrected chi connectivity index (χ1v) is 5.25. The van der Waals surface area contributed by atoms with Gasteiger partial charge in [0, 0.05) is 6.20 Å². The van der Waals surface area contributed by atoms with E-state index in [9.17, 15) is 4.79 Å². The zero-order valence-electron chi connectivity index (χ0n) is 8.16. The quantitative estimate of drug-likeness (QED) is 0.618. The molecule has 0 aliphatic rings. The Balaban J connectivity index is 2.65. The van der Waals surface area contributed by atoms with Gasteiger partial charge in [0.05, 0.1) is 11.7 Å². The third kappa shape index (κ3) is 3.10. The molecule has 0 amide bonds. The van der Waals surface area contributed by atoms with Crippen molar-refractivity contribution in [1.29, 1.82) is 0 Å². The second kappa shape index (κ2) is 5.10. The average Bonchev–Trinajstić information content (AvgIpc) is 2.18. The number of hydrogen-bond donors (Lipinski definition) is 0. The van der Waals surface area contributed by atoms with Gasteiger partial charge in [0.2, 0.25) is 0 Å². The van der Waals surface area contributed by atoms with Crippen LogP contribution in [0.3, 0.4) is 0 Å². The molecule has 0 bridgehead atoms. The van der Waals surface area contributed by atoms with Gasteiger partial charge in [0.1, 0.15) is 4.60 Å². The van der Waals surface area contributed by atoms with Gasteiger partial charge in [-0.25, -0.2) is 9.78 Å². The molecule has 76 valence electrons. The zero-order chi connectivity index (χ0) is 10.6. The number of rotatable bonds is 3. The number of carbonyl (C=O) groups is 1. The SMILES string of the molecule is CCC(C)OC(=O)c1ccc(Br)nc1. The molecular formula is C10H12BrNO2. The van der Waals surface area contributed by atoms with Gasteiger partial charge in [-0.3, -0.25) is 0 Å². The van der Waals surface area contributed by atoms with Crippen molar-refractivity contribution in [3.8, 4) is 0 Å². The van der Waals surface area contributed by atoms with Gasteiger partial charge >= 0.3 is 5.97 Å². The molecule has 1 atom stereocenters. The lowest BCUT2D eigenvalue weighted by Gasteiger charge is -2.10. The molecule has 0 N–H and O–H groups in total. The van der Waals surface area contributed by atoms with Gasteiger partial charge in [-0.1, -0.05) is 6.92 Å². The van der Waals surface area contributed by atoms with Crippen LogP contribution in [0.2, 0.25) is 0 Å². The molecule has 1 rings (SSSR count). The highest BCUT2D eigenvalue weighted by Gasteiger charge is 2.10. The molecule has 14 heavy (non-hydrogen) atoms. The summed E-state index contributed by atoms with van der Waals surface area (Å²) in [5, 5.41) is 0. The Bertz CT molecular complexity index is 310. The summed E-state index contributed by atoms with van der Waals surface area (Å²) in [7, 11) is 0. The van der Waals surface area contributed by atoms with Crippen molar-refractivity contribution in [3.63, 3.8) is 0 Å². The van der Waals surface area contributed by atoms with Crippen molar-refractivity contribution in [3.05, 3.63) is 28.5 Å². The summed E-state index contributed by atoms with van der Waals surface area (Å²) >= 11 is 3.20. The van der Waals surface area contributed by atoms with E-state index in [0.717, 1.165) is 6.42 Å². The van der Waals surface area contributed by atoms with Crippen molar-refractivity contribution in [2.45, 2.75) is 26.4 Å². The van der Waals surface area contributed by atoms with E-state index in [-0.39, 0.29) is 12.1 Å². The number of carbonyl (C=O) groups excluding carboxylic acids is 1. The lowest BCUT2D eigenvalue weighted by molar-refractivity contribution is 0.0334. The van der Waals surface area contributed by atoms with Crippen molar-refractivity contribution in [1.82, 2.24) is 4.98 Å². The first-order chi connectivity index (χ1) is 6.63. The van der Waals surface area contributed by atoms with Crippen molar-refractivity contribution >= 4 is 21.9 Å². The molecular weight excluding hydrogens is 246 g/mol. The molecule has 0 saturated heterocycles. The Morgan fingerprint density at radius 3 is 2.86 bits per heavy atom. The molecule has 0 radical (unpaired) electrons. The topological polar surface area (TPSA) is 39.2 Å². The van der Waals surface area contributed by atoms with Crippen LogP contribution in [-0.4, -0.2) is 17.1 Å². The minimum Gasteiger partial charge on any atom is -0.459 e. The van der Waals surface area contributed by atoms with Crippen LogP contribution in [0, 0.1) is 0 Å². The van der Waals surface area contributed by atoms with Crippen LogP contribution in [0.1, 0.15) is 30.6 Å². The highest BCUT2D eigenvalue weighted by Crippen LogP contribution is 2.09. The first kappa shape index (κ1) is 11.2. The molecule has 0 saturated carbocycles. The van der Waals surface area contributed by atoms with Crippen molar-refractivity contribution in [2.24, 2.45) is 0 Å². The van der Waals surface area contributed by atoms with E-state index in [1.807, 2.05) is 13.8 Å².